The van der Waals surface area contributed by atoms with Crippen LogP contribution >= 0.6 is 0 Å². The lowest BCUT2D eigenvalue weighted by Crippen LogP contribution is -2.87. The van der Waals surface area contributed by atoms with Gasteiger partial charge in [-0.25, -0.2) is 8.42 Å². The van der Waals surface area contributed by atoms with Crippen molar-refractivity contribution in [2.75, 3.05) is 13.1 Å². The summed E-state index contributed by atoms with van der Waals surface area (Å²) >= 11 is 0. The maximum Gasteiger partial charge on any atom is 0.215 e. The Morgan fingerprint density at radius 2 is 1.73 bits per heavy atom. The van der Waals surface area contributed by atoms with Crippen LogP contribution in [0.25, 0.3) is 0 Å². The van der Waals surface area contributed by atoms with E-state index in [2.05, 4.69) is 41.7 Å². The smallest absolute Gasteiger partial charge is 0.215 e. The van der Waals surface area contributed by atoms with Gasteiger partial charge < -0.3 is 14.6 Å². The number of hydrogen-bond acceptors (Lipinski definition) is 4. The number of ether oxygens (including phenoxy) is 1. The third-order valence-electron chi connectivity index (χ3n) is 4.22. The molecule has 0 aliphatic carbocycles. The van der Waals surface area contributed by atoms with Crippen LogP contribution in [-0.4, -0.2) is 30.6 Å². The van der Waals surface area contributed by atoms with Crippen LogP contribution in [0.2, 0.25) is 0 Å². The average molecular weight is 379 g/mol. The summed E-state index contributed by atoms with van der Waals surface area (Å²) in [5.74, 6) is 1.80. The number of quaternary nitrogens is 1. The first-order chi connectivity index (χ1) is 12.4. The van der Waals surface area contributed by atoms with Gasteiger partial charge in [0.1, 0.15) is 12.4 Å². The highest BCUT2D eigenvalue weighted by Gasteiger charge is 2.16. The number of piperidine rings is 1. The Kier molecular flexibility index (Phi) is 8.06. The fraction of sp³-hybridized carbons (Fsp3) is 0.368. The van der Waals surface area contributed by atoms with E-state index in [1.54, 1.807) is 0 Å². The van der Waals surface area contributed by atoms with Crippen LogP contribution in [0.3, 0.4) is 0 Å². The molecule has 0 aromatic heterocycles. The van der Waals surface area contributed by atoms with Crippen LogP contribution in [0.5, 0.6) is 5.75 Å². The van der Waals surface area contributed by atoms with E-state index in [9.17, 15) is 0 Å². The number of hydrogen-bond donors (Lipinski definition) is 2. The molecule has 1 aliphatic heterocycles. The molecule has 0 spiro atoms. The molecular weight excluding hydrogens is 354 g/mol. The molecule has 0 saturated carbocycles. The lowest BCUT2D eigenvalue weighted by molar-refractivity contribution is -0.668. The molecule has 6 nitrogen and oxygen atoms in total. The predicted molar refractivity (Wildman–Crippen MR) is 97.6 cm³/mol. The normalized spacial score (nSPS) is 17.1. The Hall–Kier alpha value is -1.93. The van der Waals surface area contributed by atoms with E-state index in [0.717, 1.165) is 11.7 Å². The summed E-state index contributed by atoms with van der Waals surface area (Å²) in [7, 11) is -4.92. The second-order valence-electron chi connectivity index (χ2n) is 6.37. The second kappa shape index (κ2) is 10.3. The van der Waals surface area contributed by atoms with Crippen molar-refractivity contribution < 1.29 is 27.6 Å². The number of benzene rings is 2. The van der Waals surface area contributed by atoms with Crippen LogP contribution in [0.4, 0.5) is 0 Å². The van der Waals surface area contributed by atoms with E-state index in [1.807, 2.05) is 18.2 Å². The van der Waals surface area contributed by atoms with Crippen LogP contribution < -0.4 is 10.1 Å². The van der Waals surface area contributed by atoms with Gasteiger partial charge in [-0.2, -0.15) is 0 Å². The highest BCUT2D eigenvalue weighted by molar-refractivity contribution is 7.79. The Labute approximate surface area is 154 Å². The zero-order chi connectivity index (χ0) is 18.8. The van der Waals surface area contributed by atoms with Crippen molar-refractivity contribution in [2.24, 2.45) is 5.92 Å². The lowest BCUT2D eigenvalue weighted by Gasteiger charge is -2.20. The van der Waals surface area contributed by atoms with Gasteiger partial charge in [-0.1, -0.05) is 42.5 Å². The summed E-state index contributed by atoms with van der Waals surface area (Å²) in [5.41, 5.74) is 2.64. The van der Waals surface area contributed by atoms with Gasteiger partial charge in [-0.15, -0.1) is 0 Å². The summed E-state index contributed by atoms with van der Waals surface area (Å²) in [6.45, 7) is 3.23. The largest absolute Gasteiger partial charge is 0.726 e. The zero-order valence-corrected chi connectivity index (χ0v) is 15.4. The van der Waals surface area contributed by atoms with Crippen molar-refractivity contribution in [3.05, 3.63) is 65.7 Å². The molecule has 1 unspecified atom stereocenters. The molecule has 1 saturated heterocycles. The third kappa shape index (κ3) is 8.96. The SMILES string of the molecule is O=S(=O)([O-])O.c1ccc(COc2ccc(CC3CCC[NH2+]C3)cc2)cc1. The molecule has 26 heavy (non-hydrogen) atoms. The van der Waals surface area contributed by atoms with E-state index in [-0.39, 0.29) is 0 Å². The first-order valence-electron chi connectivity index (χ1n) is 8.66. The van der Waals surface area contributed by atoms with Crippen LogP contribution in [0.15, 0.2) is 54.6 Å². The maximum atomic E-state index is 8.63. The molecule has 1 fully saturated rings. The molecule has 7 heteroatoms. The second-order valence-corrected chi connectivity index (χ2v) is 7.23. The van der Waals surface area contributed by atoms with Crippen molar-refractivity contribution in [1.29, 1.82) is 0 Å². The van der Waals surface area contributed by atoms with E-state index < -0.39 is 10.4 Å². The lowest BCUT2D eigenvalue weighted by atomic mass is 9.92. The van der Waals surface area contributed by atoms with Crippen molar-refractivity contribution in [3.63, 3.8) is 0 Å². The van der Waals surface area contributed by atoms with E-state index in [0.29, 0.717) is 6.61 Å². The number of rotatable bonds is 5. The molecular formula is C19H25NO5S. The van der Waals surface area contributed by atoms with Crippen molar-refractivity contribution in [2.45, 2.75) is 25.9 Å². The van der Waals surface area contributed by atoms with E-state index >= 15 is 0 Å². The van der Waals surface area contributed by atoms with Crippen LogP contribution in [0.1, 0.15) is 24.0 Å². The Balaban J connectivity index is 0.000000431. The summed E-state index contributed by atoms with van der Waals surface area (Å²) in [6, 6.07) is 18.9. The van der Waals surface area contributed by atoms with Crippen LogP contribution in [-0.2, 0) is 23.4 Å². The summed E-state index contributed by atoms with van der Waals surface area (Å²) in [5, 5.41) is 2.45. The fourth-order valence-corrected chi connectivity index (χ4v) is 3.00. The van der Waals surface area contributed by atoms with Crippen molar-refractivity contribution in [3.8, 4) is 5.75 Å². The highest BCUT2D eigenvalue weighted by Crippen LogP contribution is 2.18. The average Bonchev–Trinajstić information content (AvgIpc) is 2.62. The molecule has 3 rings (SSSR count). The quantitative estimate of drug-likeness (QED) is 0.609. The molecule has 1 aliphatic rings. The summed E-state index contributed by atoms with van der Waals surface area (Å²) < 4.78 is 38.7. The number of nitrogens with two attached hydrogens (primary N) is 1. The molecule has 2 aromatic rings. The molecule has 2 aromatic carbocycles. The van der Waals surface area contributed by atoms with E-state index in [1.165, 1.54) is 43.5 Å². The minimum Gasteiger partial charge on any atom is -0.726 e. The minimum atomic E-state index is -4.92. The molecule has 0 amide bonds. The predicted octanol–water partition coefficient (Wildman–Crippen LogP) is 1.79. The van der Waals surface area contributed by atoms with Gasteiger partial charge in [0, 0.05) is 5.92 Å². The molecule has 1 atom stereocenters. The summed E-state index contributed by atoms with van der Waals surface area (Å²) in [4.78, 5) is 0. The van der Waals surface area contributed by atoms with Gasteiger partial charge in [-0.05, 0) is 42.5 Å². The van der Waals surface area contributed by atoms with E-state index in [4.69, 9.17) is 22.3 Å². The highest BCUT2D eigenvalue weighted by atomic mass is 32.3. The monoisotopic (exact) mass is 379 g/mol. The molecule has 1 heterocycles. The van der Waals surface area contributed by atoms with Gasteiger partial charge in [0.15, 0.2) is 0 Å². The van der Waals surface area contributed by atoms with Gasteiger partial charge >= 0.3 is 0 Å². The van der Waals surface area contributed by atoms with Gasteiger partial charge in [0.25, 0.3) is 0 Å². The van der Waals surface area contributed by atoms with Crippen molar-refractivity contribution >= 4 is 10.4 Å². The first kappa shape index (κ1) is 20.4. The van der Waals surface area contributed by atoms with Gasteiger partial charge in [-0.3, -0.25) is 4.55 Å². The first-order valence-corrected chi connectivity index (χ1v) is 10.0. The van der Waals surface area contributed by atoms with Crippen LogP contribution in [0, 0.1) is 5.92 Å². The zero-order valence-electron chi connectivity index (χ0n) is 14.6. The van der Waals surface area contributed by atoms with Gasteiger partial charge in [0.2, 0.25) is 10.4 Å². The Morgan fingerprint density at radius 3 is 2.31 bits per heavy atom. The Bertz CT molecular complexity index is 733. The molecule has 142 valence electrons. The maximum absolute atomic E-state index is 8.63. The standard InChI is InChI=1S/C19H23NO.H2O4S/c1-2-5-17(6-3-1)15-21-19-10-8-16(9-11-19)13-18-7-4-12-20-14-18;1-5(2,3)4/h1-3,5-6,8-11,18,20H,4,7,12-15H2;(H2,1,2,3,4). The van der Waals surface area contributed by atoms with Gasteiger partial charge in [0.05, 0.1) is 13.1 Å². The Morgan fingerprint density at radius 1 is 1.08 bits per heavy atom. The third-order valence-corrected chi connectivity index (χ3v) is 4.22. The molecule has 3 N–H and O–H groups in total. The summed E-state index contributed by atoms with van der Waals surface area (Å²) in [6.07, 6.45) is 3.95. The topological polar surface area (TPSA) is 103 Å². The van der Waals surface area contributed by atoms with Crippen molar-refractivity contribution in [1.82, 2.24) is 0 Å². The molecule has 0 radical (unpaired) electrons. The minimum absolute atomic E-state index is 0.637. The fourth-order valence-electron chi connectivity index (χ4n) is 3.00. The molecule has 0 bridgehead atoms.